The maximum atomic E-state index is 12.4. The molecule has 1 atom stereocenters. The number of nitrogens with one attached hydrogen (secondary N) is 2. The second-order valence-corrected chi connectivity index (χ2v) is 6.70. The molecule has 2 amide bonds. The molecule has 0 aliphatic carbocycles. The van der Waals surface area contributed by atoms with Crippen LogP contribution in [0.2, 0.25) is 0 Å². The van der Waals surface area contributed by atoms with E-state index in [1.807, 2.05) is 42.6 Å². The molecular weight excluding hydrogens is 354 g/mol. The number of aromatic nitrogens is 1. The number of ether oxygens (including phenoxy) is 1. The van der Waals surface area contributed by atoms with Gasteiger partial charge in [-0.05, 0) is 12.5 Å². The molecule has 7 nitrogen and oxygen atoms in total. The summed E-state index contributed by atoms with van der Waals surface area (Å²) in [4.78, 5) is 40.2. The van der Waals surface area contributed by atoms with Crippen LogP contribution in [0.3, 0.4) is 0 Å². The molecule has 0 aliphatic heterocycles. The van der Waals surface area contributed by atoms with Crippen LogP contribution in [-0.2, 0) is 32.0 Å². The summed E-state index contributed by atoms with van der Waals surface area (Å²) in [5.74, 6) is -1.30. The number of hydrogen-bond donors (Lipinski definition) is 2. The van der Waals surface area contributed by atoms with Gasteiger partial charge in [0.05, 0.1) is 24.2 Å². The number of thiazole rings is 1. The van der Waals surface area contributed by atoms with Crippen molar-refractivity contribution in [1.29, 1.82) is 0 Å². The van der Waals surface area contributed by atoms with Gasteiger partial charge in [-0.15, -0.1) is 11.3 Å². The van der Waals surface area contributed by atoms with Gasteiger partial charge in [0, 0.05) is 11.8 Å². The number of benzene rings is 1. The van der Waals surface area contributed by atoms with Crippen LogP contribution in [0, 0.1) is 6.92 Å². The van der Waals surface area contributed by atoms with E-state index in [-0.39, 0.29) is 18.9 Å². The lowest BCUT2D eigenvalue weighted by Crippen LogP contribution is -2.49. The molecule has 0 radical (unpaired) electrons. The summed E-state index contributed by atoms with van der Waals surface area (Å²) in [6.45, 7) is 1.62. The molecule has 2 aromatic rings. The first-order valence-electron chi connectivity index (χ1n) is 8.06. The van der Waals surface area contributed by atoms with Crippen LogP contribution in [-0.4, -0.2) is 42.5 Å². The smallest absolute Gasteiger partial charge is 0.325 e. The quantitative estimate of drug-likeness (QED) is 0.671. The van der Waals surface area contributed by atoms with Gasteiger partial charge in [0.25, 0.3) is 0 Å². The molecule has 2 rings (SSSR count). The Kier molecular flexibility index (Phi) is 7.28. The highest BCUT2D eigenvalue weighted by Crippen LogP contribution is 2.09. The fourth-order valence-corrected chi connectivity index (χ4v) is 2.93. The van der Waals surface area contributed by atoms with Crippen LogP contribution in [0.5, 0.6) is 0 Å². The van der Waals surface area contributed by atoms with E-state index < -0.39 is 17.9 Å². The zero-order chi connectivity index (χ0) is 18.9. The van der Waals surface area contributed by atoms with Crippen molar-refractivity contribution in [2.24, 2.45) is 0 Å². The van der Waals surface area contributed by atoms with E-state index in [1.54, 1.807) is 0 Å². The summed E-state index contributed by atoms with van der Waals surface area (Å²) >= 11 is 1.47. The number of carbonyl (C=O) groups excluding carboxylic acids is 3. The monoisotopic (exact) mass is 375 g/mol. The van der Waals surface area contributed by atoms with Gasteiger partial charge in [-0.2, -0.15) is 0 Å². The van der Waals surface area contributed by atoms with Crippen molar-refractivity contribution in [2.45, 2.75) is 25.8 Å². The normalized spacial score (nSPS) is 11.5. The van der Waals surface area contributed by atoms with Gasteiger partial charge in [0.1, 0.15) is 12.6 Å². The summed E-state index contributed by atoms with van der Waals surface area (Å²) < 4.78 is 4.51. The maximum absolute atomic E-state index is 12.4. The van der Waals surface area contributed by atoms with E-state index in [0.29, 0.717) is 12.1 Å². The molecule has 1 aromatic carbocycles. The second-order valence-electron chi connectivity index (χ2n) is 5.64. The minimum atomic E-state index is -0.797. The standard InChI is InChI=1S/C18H21N3O4S/c1-12-20-14(11-26-12)9-16(22)21-15(8-13-6-4-3-5-7-13)18(24)19-10-17(23)25-2/h3-7,11,15H,8-10H2,1-2H3,(H,19,24)(H,21,22)/t15-/m0/s1. The van der Waals surface area contributed by atoms with Crippen LogP contribution in [0.15, 0.2) is 35.7 Å². The van der Waals surface area contributed by atoms with Crippen LogP contribution in [0.4, 0.5) is 0 Å². The fourth-order valence-electron chi connectivity index (χ4n) is 2.31. The molecule has 0 fully saturated rings. The zero-order valence-electron chi connectivity index (χ0n) is 14.7. The van der Waals surface area contributed by atoms with E-state index in [9.17, 15) is 14.4 Å². The molecule has 1 aromatic heterocycles. The Morgan fingerprint density at radius 2 is 1.96 bits per heavy atom. The lowest BCUT2D eigenvalue weighted by atomic mass is 10.0. The van der Waals surface area contributed by atoms with E-state index >= 15 is 0 Å². The lowest BCUT2D eigenvalue weighted by molar-refractivity contribution is -0.141. The molecule has 0 aliphatic rings. The summed E-state index contributed by atoms with van der Waals surface area (Å²) in [5.41, 5.74) is 1.56. The molecule has 0 unspecified atom stereocenters. The summed E-state index contributed by atoms with van der Waals surface area (Å²) in [6.07, 6.45) is 0.412. The van der Waals surface area contributed by atoms with E-state index in [0.717, 1.165) is 10.6 Å². The molecule has 138 valence electrons. The van der Waals surface area contributed by atoms with E-state index in [1.165, 1.54) is 18.4 Å². The van der Waals surface area contributed by atoms with Crippen LogP contribution in [0.1, 0.15) is 16.3 Å². The first-order valence-corrected chi connectivity index (χ1v) is 8.94. The number of rotatable bonds is 8. The van der Waals surface area contributed by atoms with E-state index in [4.69, 9.17) is 0 Å². The number of amides is 2. The molecule has 8 heteroatoms. The number of nitrogens with zero attached hydrogens (tertiary/aromatic N) is 1. The van der Waals surface area contributed by atoms with Crippen LogP contribution in [0.25, 0.3) is 0 Å². The van der Waals surface area contributed by atoms with Crippen molar-refractivity contribution in [3.63, 3.8) is 0 Å². The molecule has 1 heterocycles. The van der Waals surface area contributed by atoms with Gasteiger partial charge in [-0.1, -0.05) is 30.3 Å². The molecule has 0 spiro atoms. The van der Waals surface area contributed by atoms with Crippen molar-refractivity contribution < 1.29 is 19.1 Å². The minimum absolute atomic E-state index is 0.0971. The van der Waals surface area contributed by atoms with Crippen molar-refractivity contribution in [3.05, 3.63) is 52.0 Å². The minimum Gasteiger partial charge on any atom is -0.468 e. The number of carbonyl (C=O) groups is 3. The maximum Gasteiger partial charge on any atom is 0.325 e. The van der Waals surface area contributed by atoms with Gasteiger partial charge in [-0.3, -0.25) is 14.4 Å². The summed E-state index contributed by atoms with van der Waals surface area (Å²) in [6, 6.07) is 8.54. The average Bonchev–Trinajstić information content (AvgIpc) is 3.04. The Labute approximate surface area is 155 Å². The van der Waals surface area contributed by atoms with Crippen LogP contribution < -0.4 is 10.6 Å². The number of esters is 1. The largest absolute Gasteiger partial charge is 0.468 e. The fraction of sp³-hybridized carbons (Fsp3) is 0.333. The first kappa shape index (κ1) is 19.6. The highest BCUT2D eigenvalue weighted by molar-refractivity contribution is 7.09. The number of methoxy groups -OCH3 is 1. The van der Waals surface area contributed by atoms with Gasteiger partial charge in [0.2, 0.25) is 11.8 Å². The van der Waals surface area contributed by atoms with Gasteiger partial charge in [-0.25, -0.2) is 4.98 Å². The SMILES string of the molecule is COC(=O)CNC(=O)[C@H](Cc1ccccc1)NC(=O)Cc1csc(C)n1. The van der Waals surface area contributed by atoms with Crippen molar-refractivity contribution in [2.75, 3.05) is 13.7 Å². The Morgan fingerprint density at radius 1 is 1.23 bits per heavy atom. The molecule has 0 saturated carbocycles. The van der Waals surface area contributed by atoms with Crippen molar-refractivity contribution in [3.8, 4) is 0 Å². The Balaban J connectivity index is 2.02. The Bertz CT molecular complexity index is 761. The molecular formula is C18H21N3O4S. The molecule has 0 saturated heterocycles. The predicted molar refractivity (Wildman–Crippen MR) is 97.7 cm³/mol. The average molecular weight is 375 g/mol. The molecule has 0 bridgehead atoms. The topological polar surface area (TPSA) is 97.4 Å². The Morgan fingerprint density at radius 3 is 2.58 bits per heavy atom. The van der Waals surface area contributed by atoms with Crippen molar-refractivity contribution in [1.82, 2.24) is 15.6 Å². The second kappa shape index (κ2) is 9.67. The molecule has 2 N–H and O–H groups in total. The zero-order valence-corrected chi connectivity index (χ0v) is 15.5. The highest BCUT2D eigenvalue weighted by atomic mass is 32.1. The highest BCUT2D eigenvalue weighted by Gasteiger charge is 2.22. The number of aryl methyl sites for hydroxylation is 1. The van der Waals surface area contributed by atoms with Crippen LogP contribution >= 0.6 is 11.3 Å². The Hall–Kier alpha value is -2.74. The third-order valence-corrected chi connectivity index (χ3v) is 4.40. The van der Waals surface area contributed by atoms with E-state index in [2.05, 4.69) is 20.4 Å². The lowest BCUT2D eigenvalue weighted by Gasteiger charge is -2.18. The summed E-state index contributed by atoms with van der Waals surface area (Å²) in [5, 5.41) is 7.91. The predicted octanol–water partition coefficient (Wildman–Crippen LogP) is 1.01. The van der Waals surface area contributed by atoms with Gasteiger partial charge < -0.3 is 15.4 Å². The third kappa shape index (κ3) is 6.29. The van der Waals surface area contributed by atoms with Gasteiger partial charge in [0.15, 0.2) is 0 Å². The third-order valence-electron chi connectivity index (χ3n) is 3.58. The molecule has 26 heavy (non-hydrogen) atoms. The number of hydrogen-bond acceptors (Lipinski definition) is 6. The summed E-state index contributed by atoms with van der Waals surface area (Å²) in [7, 11) is 1.24. The first-order chi connectivity index (χ1) is 12.5. The van der Waals surface area contributed by atoms with Gasteiger partial charge >= 0.3 is 5.97 Å². The van der Waals surface area contributed by atoms with Crippen molar-refractivity contribution >= 4 is 29.1 Å².